The molecule has 1 heterocycles. The molecule has 0 unspecified atom stereocenters. The largest absolute Gasteiger partial charge is 0.491 e. The van der Waals surface area contributed by atoms with Gasteiger partial charge in [-0.25, -0.2) is 0 Å². The molecule has 30 heavy (non-hydrogen) atoms. The molecule has 1 atom stereocenters. The molecule has 0 aliphatic carbocycles. The Morgan fingerprint density at radius 3 is 2.20 bits per heavy atom. The first kappa shape index (κ1) is 20.7. The lowest BCUT2D eigenvalue weighted by molar-refractivity contribution is -0.903. The summed E-state index contributed by atoms with van der Waals surface area (Å²) in [5.41, 5.74) is 3.44. The van der Waals surface area contributed by atoms with Crippen LogP contribution in [0.2, 0.25) is 5.02 Å². The second-order valence-electron chi connectivity index (χ2n) is 7.75. The van der Waals surface area contributed by atoms with Gasteiger partial charge in [-0.05, 0) is 35.4 Å². The molecule has 156 valence electrons. The predicted octanol–water partition coefficient (Wildman–Crippen LogP) is 3.15. The van der Waals surface area contributed by atoms with E-state index in [1.165, 1.54) is 10.5 Å². The molecule has 0 bridgehead atoms. The van der Waals surface area contributed by atoms with Crippen LogP contribution in [0.15, 0.2) is 78.9 Å². The lowest BCUT2D eigenvalue weighted by atomic mass is 10.1. The van der Waals surface area contributed by atoms with E-state index in [1.807, 2.05) is 48.5 Å². The van der Waals surface area contributed by atoms with Crippen molar-refractivity contribution in [2.75, 3.05) is 44.2 Å². The third-order valence-corrected chi connectivity index (χ3v) is 5.91. The highest BCUT2D eigenvalue weighted by molar-refractivity contribution is 6.33. The van der Waals surface area contributed by atoms with Crippen molar-refractivity contribution >= 4 is 17.3 Å². The summed E-state index contributed by atoms with van der Waals surface area (Å²) < 4.78 is 5.82. The van der Waals surface area contributed by atoms with Crippen LogP contribution < -0.4 is 14.5 Å². The maximum Gasteiger partial charge on any atom is 0.137 e. The Hall–Kier alpha value is -2.53. The van der Waals surface area contributed by atoms with Crippen LogP contribution in [-0.2, 0) is 0 Å². The summed E-state index contributed by atoms with van der Waals surface area (Å²) in [6.07, 6.45) is -0.485. The van der Waals surface area contributed by atoms with Crippen molar-refractivity contribution < 1.29 is 14.7 Å². The zero-order valence-corrected chi connectivity index (χ0v) is 17.8. The standard InChI is InChI=1S/C25H27ClN2O2/c26-24-8-4-5-9-25(24)28-16-14-27(15-17-28)18-22(29)19-30-23-12-10-21(11-13-23)20-6-2-1-3-7-20/h1-13,22,29H,14-19H2/p+1/t22-/m1/s1. The smallest absolute Gasteiger partial charge is 0.137 e. The summed E-state index contributed by atoms with van der Waals surface area (Å²) in [6, 6.07) is 26.3. The summed E-state index contributed by atoms with van der Waals surface area (Å²) in [6.45, 7) is 4.84. The number of quaternary nitrogens is 1. The van der Waals surface area contributed by atoms with Crippen LogP contribution in [0.4, 0.5) is 5.69 Å². The highest BCUT2D eigenvalue weighted by Gasteiger charge is 2.23. The maximum atomic E-state index is 10.4. The number of aliphatic hydroxyl groups excluding tert-OH is 1. The quantitative estimate of drug-likeness (QED) is 0.613. The van der Waals surface area contributed by atoms with Gasteiger partial charge in [-0.2, -0.15) is 0 Å². The number of hydrogen-bond donors (Lipinski definition) is 2. The Bertz CT molecular complexity index is 925. The Morgan fingerprint density at radius 2 is 1.50 bits per heavy atom. The number of nitrogens with zero attached hydrogens (tertiary/aromatic N) is 1. The highest BCUT2D eigenvalue weighted by Crippen LogP contribution is 2.25. The van der Waals surface area contributed by atoms with Gasteiger partial charge in [-0.3, -0.25) is 0 Å². The second kappa shape index (κ2) is 9.98. The van der Waals surface area contributed by atoms with E-state index in [-0.39, 0.29) is 0 Å². The van der Waals surface area contributed by atoms with Crippen LogP contribution in [0, 0.1) is 0 Å². The fourth-order valence-electron chi connectivity index (χ4n) is 3.93. The first-order chi connectivity index (χ1) is 14.7. The fraction of sp³-hybridized carbons (Fsp3) is 0.280. The predicted molar refractivity (Wildman–Crippen MR) is 123 cm³/mol. The summed E-state index contributed by atoms with van der Waals surface area (Å²) >= 11 is 6.32. The minimum atomic E-state index is -0.485. The third-order valence-electron chi connectivity index (χ3n) is 5.59. The second-order valence-corrected chi connectivity index (χ2v) is 8.16. The van der Waals surface area contributed by atoms with Crippen molar-refractivity contribution in [3.05, 3.63) is 83.9 Å². The zero-order valence-electron chi connectivity index (χ0n) is 17.0. The first-order valence-corrected chi connectivity index (χ1v) is 10.9. The molecule has 2 N–H and O–H groups in total. The molecule has 5 heteroatoms. The molecule has 3 aromatic rings. The molecule has 4 nitrogen and oxygen atoms in total. The Labute approximate surface area is 183 Å². The number of halogens is 1. The third kappa shape index (κ3) is 5.33. The van der Waals surface area contributed by atoms with E-state index >= 15 is 0 Å². The molecule has 1 fully saturated rings. The molecule has 3 aromatic carbocycles. The van der Waals surface area contributed by atoms with Crippen molar-refractivity contribution in [2.24, 2.45) is 0 Å². The molecular formula is C25H28ClN2O2+. The number of nitrogens with one attached hydrogen (secondary N) is 1. The zero-order chi connectivity index (χ0) is 20.8. The van der Waals surface area contributed by atoms with E-state index in [4.69, 9.17) is 16.3 Å². The van der Waals surface area contributed by atoms with E-state index in [0.717, 1.165) is 48.2 Å². The molecule has 1 aliphatic rings. The van der Waals surface area contributed by atoms with Crippen LogP contribution in [0.1, 0.15) is 0 Å². The highest BCUT2D eigenvalue weighted by atomic mass is 35.5. The van der Waals surface area contributed by atoms with Gasteiger partial charge in [-0.1, -0.05) is 66.2 Å². The first-order valence-electron chi connectivity index (χ1n) is 10.5. The van der Waals surface area contributed by atoms with E-state index in [2.05, 4.69) is 35.2 Å². The van der Waals surface area contributed by atoms with Crippen molar-refractivity contribution in [2.45, 2.75) is 6.10 Å². The van der Waals surface area contributed by atoms with Gasteiger partial charge >= 0.3 is 0 Å². The summed E-state index contributed by atoms with van der Waals surface area (Å²) in [5.74, 6) is 0.785. The number of anilines is 1. The lowest BCUT2D eigenvalue weighted by Crippen LogP contribution is -3.16. The SMILES string of the molecule is O[C@@H](COc1ccc(-c2ccccc2)cc1)C[NH+]1CCN(c2ccccc2Cl)CC1. The lowest BCUT2D eigenvalue weighted by Gasteiger charge is -2.34. The number of ether oxygens (including phenoxy) is 1. The van der Waals surface area contributed by atoms with E-state index in [9.17, 15) is 5.11 Å². The van der Waals surface area contributed by atoms with Crippen LogP contribution in [0.5, 0.6) is 5.75 Å². The number of hydrogen-bond acceptors (Lipinski definition) is 3. The average Bonchev–Trinajstić information content (AvgIpc) is 2.80. The van der Waals surface area contributed by atoms with Crippen LogP contribution >= 0.6 is 11.6 Å². The van der Waals surface area contributed by atoms with Crippen molar-refractivity contribution in [3.8, 4) is 16.9 Å². The van der Waals surface area contributed by atoms with Gasteiger partial charge < -0.3 is 19.6 Å². The summed E-state index contributed by atoms with van der Waals surface area (Å²) in [4.78, 5) is 3.72. The molecule has 1 saturated heterocycles. The summed E-state index contributed by atoms with van der Waals surface area (Å²) in [7, 11) is 0. The minimum Gasteiger partial charge on any atom is -0.491 e. The van der Waals surface area contributed by atoms with Gasteiger partial charge in [0, 0.05) is 0 Å². The average molecular weight is 424 g/mol. The number of rotatable bonds is 7. The normalized spacial score (nSPS) is 15.7. The monoisotopic (exact) mass is 423 g/mol. The molecule has 1 aliphatic heterocycles. The number of benzene rings is 3. The van der Waals surface area contributed by atoms with Crippen molar-refractivity contribution in [3.63, 3.8) is 0 Å². The van der Waals surface area contributed by atoms with Crippen molar-refractivity contribution in [1.82, 2.24) is 0 Å². The molecular weight excluding hydrogens is 396 g/mol. The van der Waals surface area contributed by atoms with E-state index < -0.39 is 6.10 Å². The number of piperazine rings is 1. The summed E-state index contributed by atoms with van der Waals surface area (Å²) in [5, 5.41) is 11.2. The van der Waals surface area contributed by atoms with Gasteiger partial charge in [0.15, 0.2) is 0 Å². The molecule has 0 radical (unpaired) electrons. The van der Waals surface area contributed by atoms with E-state index in [1.54, 1.807) is 0 Å². The van der Waals surface area contributed by atoms with Gasteiger partial charge in [0.1, 0.15) is 25.0 Å². The minimum absolute atomic E-state index is 0.308. The van der Waals surface area contributed by atoms with Crippen LogP contribution in [-0.4, -0.2) is 50.5 Å². The molecule has 4 rings (SSSR count). The number of aliphatic hydroxyl groups is 1. The Balaban J connectivity index is 1.22. The fourth-order valence-corrected chi connectivity index (χ4v) is 4.19. The van der Waals surface area contributed by atoms with Gasteiger partial charge in [0.2, 0.25) is 0 Å². The maximum absolute atomic E-state index is 10.4. The number of para-hydroxylation sites is 1. The van der Waals surface area contributed by atoms with Crippen molar-refractivity contribution in [1.29, 1.82) is 0 Å². The molecule has 0 spiro atoms. The van der Waals surface area contributed by atoms with Gasteiger partial charge in [0.05, 0.1) is 36.9 Å². The Morgan fingerprint density at radius 1 is 0.867 bits per heavy atom. The Kier molecular flexibility index (Phi) is 6.90. The molecule has 0 aromatic heterocycles. The van der Waals surface area contributed by atoms with Crippen LogP contribution in [0.3, 0.4) is 0 Å². The topological polar surface area (TPSA) is 37.1 Å². The molecule has 0 saturated carbocycles. The van der Waals surface area contributed by atoms with Crippen LogP contribution in [0.25, 0.3) is 11.1 Å². The van der Waals surface area contributed by atoms with Gasteiger partial charge in [-0.15, -0.1) is 0 Å². The van der Waals surface area contributed by atoms with Gasteiger partial charge in [0.25, 0.3) is 0 Å². The molecule has 0 amide bonds. The van der Waals surface area contributed by atoms with E-state index in [0.29, 0.717) is 13.2 Å².